The molecule has 1 amide bonds. The molecular formula is C17H25N3O3S. The molecule has 132 valence electrons. The van der Waals surface area contributed by atoms with Crippen LogP contribution in [-0.4, -0.2) is 32.7 Å². The molecule has 0 aliphatic carbocycles. The third-order valence-electron chi connectivity index (χ3n) is 4.16. The van der Waals surface area contributed by atoms with Crippen molar-refractivity contribution in [1.82, 2.24) is 5.32 Å². The van der Waals surface area contributed by atoms with E-state index in [2.05, 4.69) is 16.6 Å². The van der Waals surface area contributed by atoms with Gasteiger partial charge in [-0.1, -0.05) is 20.3 Å². The first-order valence-corrected chi connectivity index (χ1v) is 9.78. The molecule has 0 saturated heterocycles. The summed E-state index contributed by atoms with van der Waals surface area (Å²) in [5.41, 5.74) is 0.929. The first-order chi connectivity index (χ1) is 11.3. The van der Waals surface area contributed by atoms with Crippen LogP contribution >= 0.6 is 0 Å². The lowest BCUT2D eigenvalue weighted by Crippen LogP contribution is -2.35. The third kappa shape index (κ3) is 3.77. The topological polar surface area (TPSA) is 78.8 Å². The van der Waals surface area contributed by atoms with Crippen LogP contribution in [0.2, 0.25) is 0 Å². The molecule has 7 heteroatoms. The smallest absolute Gasteiger partial charge is 0.286 e. The quantitative estimate of drug-likeness (QED) is 0.854. The van der Waals surface area contributed by atoms with Crippen molar-refractivity contribution in [2.24, 2.45) is 4.40 Å². The molecule has 1 atom stereocenters. The van der Waals surface area contributed by atoms with E-state index in [1.165, 1.54) is 6.07 Å². The summed E-state index contributed by atoms with van der Waals surface area (Å²) >= 11 is 0. The Kier molecular flexibility index (Phi) is 5.64. The zero-order chi connectivity index (χ0) is 17.9. The highest BCUT2D eigenvalue weighted by Gasteiger charge is 2.29. The van der Waals surface area contributed by atoms with Crippen LogP contribution < -0.4 is 10.2 Å². The number of carbonyl (C=O) groups excluding carboxylic acids is 1. The number of nitrogens with zero attached hydrogens (tertiary/aromatic N) is 2. The second-order valence-corrected chi connectivity index (χ2v) is 7.66. The van der Waals surface area contributed by atoms with Crippen LogP contribution in [0.3, 0.4) is 0 Å². The Morgan fingerprint density at radius 3 is 2.67 bits per heavy atom. The Morgan fingerprint density at radius 1 is 1.33 bits per heavy atom. The number of hydrogen-bond acceptors (Lipinski definition) is 4. The molecule has 1 heterocycles. The molecule has 0 spiro atoms. The molecule has 0 fully saturated rings. The second-order valence-electron chi connectivity index (χ2n) is 6.08. The summed E-state index contributed by atoms with van der Waals surface area (Å²) < 4.78 is 28.7. The molecule has 24 heavy (non-hydrogen) atoms. The Hall–Kier alpha value is -1.89. The van der Waals surface area contributed by atoms with Crippen LogP contribution in [0.15, 0.2) is 27.5 Å². The van der Waals surface area contributed by atoms with Gasteiger partial charge >= 0.3 is 0 Å². The molecule has 1 aliphatic heterocycles. The first kappa shape index (κ1) is 18.4. The molecule has 0 radical (unpaired) electrons. The summed E-state index contributed by atoms with van der Waals surface area (Å²) in [4.78, 5) is 14.3. The third-order valence-corrected chi connectivity index (χ3v) is 5.55. The maximum absolute atomic E-state index is 12.4. The lowest BCUT2D eigenvalue weighted by Gasteiger charge is -2.29. The van der Waals surface area contributed by atoms with Gasteiger partial charge in [0.2, 0.25) is 0 Å². The number of nitrogens with one attached hydrogen (secondary N) is 1. The van der Waals surface area contributed by atoms with Crippen LogP contribution in [0.1, 0.15) is 57.3 Å². The maximum Gasteiger partial charge on any atom is 0.286 e. The van der Waals surface area contributed by atoms with Crippen LogP contribution in [0.5, 0.6) is 0 Å². The molecule has 6 nitrogen and oxygen atoms in total. The summed E-state index contributed by atoms with van der Waals surface area (Å²) in [5, 5.41) is 2.85. The number of carbonyl (C=O) groups is 1. The molecule has 0 saturated carbocycles. The van der Waals surface area contributed by atoms with E-state index in [1.807, 2.05) is 18.7 Å². The van der Waals surface area contributed by atoms with Crippen LogP contribution in [0.25, 0.3) is 0 Å². The Morgan fingerprint density at radius 2 is 2.04 bits per heavy atom. The van der Waals surface area contributed by atoms with Crippen molar-refractivity contribution in [1.29, 1.82) is 0 Å². The average molecular weight is 351 g/mol. The van der Waals surface area contributed by atoms with Crippen LogP contribution in [0.4, 0.5) is 5.69 Å². The van der Waals surface area contributed by atoms with Gasteiger partial charge in [-0.2, -0.15) is 8.42 Å². The fourth-order valence-corrected chi connectivity index (χ4v) is 3.80. The molecule has 1 aliphatic rings. The van der Waals surface area contributed by atoms with Gasteiger partial charge in [0.1, 0.15) is 10.7 Å². The van der Waals surface area contributed by atoms with Crippen molar-refractivity contribution in [2.75, 3.05) is 11.4 Å². The van der Waals surface area contributed by atoms with E-state index in [0.29, 0.717) is 23.6 Å². The van der Waals surface area contributed by atoms with E-state index < -0.39 is 10.0 Å². The van der Waals surface area contributed by atoms with Gasteiger partial charge in [-0.05, 0) is 44.9 Å². The summed E-state index contributed by atoms with van der Waals surface area (Å²) in [6.07, 6.45) is 2.74. The summed E-state index contributed by atoms with van der Waals surface area (Å²) in [6.45, 7) is 8.36. The van der Waals surface area contributed by atoms with E-state index in [9.17, 15) is 13.2 Å². The fourth-order valence-electron chi connectivity index (χ4n) is 2.54. The molecule has 1 aromatic rings. The minimum atomic E-state index is -3.77. The monoisotopic (exact) mass is 351 g/mol. The largest absolute Gasteiger partial charge is 0.350 e. The van der Waals surface area contributed by atoms with E-state index in [0.717, 1.165) is 19.3 Å². The van der Waals surface area contributed by atoms with Gasteiger partial charge in [-0.15, -0.1) is 4.40 Å². The predicted molar refractivity (Wildman–Crippen MR) is 96.2 cm³/mol. The summed E-state index contributed by atoms with van der Waals surface area (Å²) in [6, 6.07) is 4.83. The zero-order valence-electron chi connectivity index (χ0n) is 14.7. The Labute approximate surface area is 144 Å². The van der Waals surface area contributed by atoms with Gasteiger partial charge < -0.3 is 10.2 Å². The van der Waals surface area contributed by atoms with Crippen LogP contribution in [-0.2, 0) is 10.0 Å². The molecule has 1 aromatic carbocycles. The number of unbranched alkanes of at least 4 members (excludes halogenated alkanes) is 1. The number of benzene rings is 1. The SMILES string of the molecule is CCCCN1C(C)=NS(=O)(=O)c2cc(C(=O)N[C@H](C)CC)ccc21. The number of amides is 1. The highest BCUT2D eigenvalue weighted by Crippen LogP contribution is 2.32. The molecule has 2 rings (SSSR count). The maximum atomic E-state index is 12.4. The lowest BCUT2D eigenvalue weighted by molar-refractivity contribution is 0.0939. The van der Waals surface area contributed by atoms with E-state index >= 15 is 0 Å². The van der Waals surface area contributed by atoms with Crippen molar-refractivity contribution < 1.29 is 13.2 Å². The van der Waals surface area contributed by atoms with Crippen molar-refractivity contribution in [3.8, 4) is 0 Å². The molecule has 0 unspecified atom stereocenters. The van der Waals surface area contributed by atoms with Gasteiger partial charge in [-0.25, -0.2) is 0 Å². The number of hydrogen-bond donors (Lipinski definition) is 1. The molecular weight excluding hydrogens is 326 g/mol. The number of anilines is 1. The Bertz CT molecular complexity index is 756. The van der Waals surface area contributed by atoms with E-state index in [4.69, 9.17) is 0 Å². The van der Waals surface area contributed by atoms with Crippen LogP contribution in [0, 0.1) is 0 Å². The van der Waals surface area contributed by atoms with Crippen molar-refractivity contribution >= 4 is 27.5 Å². The van der Waals surface area contributed by atoms with Gasteiger partial charge in [0.05, 0.1) is 5.69 Å². The number of amidine groups is 1. The van der Waals surface area contributed by atoms with Gasteiger partial charge in [-0.3, -0.25) is 4.79 Å². The molecule has 0 aromatic heterocycles. The van der Waals surface area contributed by atoms with E-state index in [-0.39, 0.29) is 16.8 Å². The highest BCUT2D eigenvalue weighted by atomic mass is 32.2. The van der Waals surface area contributed by atoms with E-state index in [1.54, 1.807) is 19.1 Å². The number of sulfonamides is 1. The first-order valence-electron chi connectivity index (χ1n) is 8.34. The van der Waals surface area contributed by atoms with Gasteiger partial charge in [0.15, 0.2) is 0 Å². The normalized spacial score (nSPS) is 17.0. The second kappa shape index (κ2) is 7.34. The van der Waals surface area contributed by atoms with Crippen molar-refractivity contribution in [2.45, 2.75) is 57.9 Å². The number of rotatable bonds is 6. The van der Waals surface area contributed by atoms with Crippen molar-refractivity contribution in [3.05, 3.63) is 23.8 Å². The number of fused-ring (bicyclic) bond motifs is 1. The predicted octanol–water partition coefficient (Wildman–Crippen LogP) is 2.94. The fraction of sp³-hybridized carbons (Fsp3) is 0.529. The minimum absolute atomic E-state index is 0.0338. The van der Waals surface area contributed by atoms with Crippen molar-refractivity contribution in [3.63, 3.8) is 0 Å². The average Bonchev–Trinajstić information content (AvgIpc) is 2.53. The Balaban J connectivity index is 2.42. The molecule has 1 N–H and O–H groups in total. The van der Waals surface area contributed by atoms with Gasteiger partial charge in [0.25, 0.3) is 15.9 Å². The zero-order valence-corrected chi connectivity index (χ0v) is 15.5. The van der Waals surface area contributed by atoms with Gasteiger partial charge in [0, 0.05) is 18.2 Å². The molecule has 0 bridgehead atoms. The summed E-state index contributed by atoms with van der Waals surface area (Å²) in [7, 11) is -3.77. The highest BCUT2D eigenvalue weighted by molar-refractivity contribution is 7.90. The standard InChI is InChI=1S/C17H25N3O3S/c1-5-7-10-20-13(4)19-24(22,23)16-11-14(8-9-15(16)20)17(21)18-12(3)6-2/h8-9,11-12H,5-7,10H2,1-4H3,(H,18,21)/t12-/m1/s1. The lowest BCUT2D eigenvalue weighted by atomic mass is 10.1. The minimum Gasteiger partial charge on any atom is -0.350 e. The summed E-state index contributed by atoms with van der Waals surface area (Å²) in [5.74, 6) is 0.196.